The molecule has 1 amide bonds. The Balaban J connectivity index is 2.89. The SMILES string of the molecule is CCC(NC(=O)c1ccc(C#CCN)cc1F)C(C)C. The van der Waals surface area contributed by atoms with Gasteiger partial charge in [-0.1, -0.05) is 32.6 Å². The van der Waals surface area contributed by atoms with Gasteiger partial charge in [0.25, 0.3) is 5.91 Å². The normalized spacial score (nSPS) is 11.7. The Labute approximate surface area is 119 Å². The molecule has 0 aromatic heterocycles. The van der Waals surface area contributed by atoms with Crippen LogP contribution in [0.15, 0.2) is 18.2 Å². The molecule has 20 heavy (non-hydrogen) atoms. The van der Waals surface area contributed by atoms with Crippen molar-refractivity contribution >= 4 is 5.91 Å². The minimum absolute atomic E-state index is 0.0404. The first-order valence-corrected chi connectivity index (χ1v) is 6.79. The van der Waals surface area contributed by atoms with E-state index in [9.17, 15) is 9.18 Å². The van der Waals surface area contributed by atoms with Crippen LogP contribution in [0.25, 0.3) is 0 Å². The fraction of sp³-hybridized carbons (Fsp3) is 0.438. The van der Waals surface area contributed by atoms with E-state index in [-0.39, 0.29) is 24.1 Å². The molecule has 108 valence electrons. The van der Waals surface area contributed by atoms with Gasteiger partial charge in [0.2, 0.25) is 0 Å². The smallest absolute Gasteiger partial charge is 0.254 e. The lowest BCUT2D eigenvalue weighted by Crippen LogP contribution is -2.38. The van der Waals surface area contributed by atoms with Crippen LogP contribution < -0.4 is 11.1 Å². The quantitative estimate of drug-likeness (QED) is 0.829. The van der Waals surface area contributed by atoms with Crippen LogP contribution in [0.3, 0.4) is 0 Å². The lowest BCUT2D eigenvalue weighted by Gasteiger charge is -2.20. The van der Waals surface area contributed by atoms with Crippen LogP contribution in [0, 0.1) is 23.6 Å². The number of hydrogen-bond donors (Lipinski definition) is 2. The first kappa shape index (κ1) is 16.2. The Bertz CT molecular complexity index is 529. The van der Waals surface area contributed by atoms with E-state index >= 15 is 0 Å². The number of halogens is 1. The maximum atomic E-state index is 13.9. The number of carbonyl (C=O) groups excluding carboxylic acids is 1. The van der Waals surface area contributed by atoms with Crippen molar-refractivity contribution in [1.82, 2.24) is 5.32 Å². The second-order valence-electron chi connectivity index (χ2n) is 4.93. The van der Waals surface area contributed by atoms with Gasteiger partial charge in [0.15, 0.2) is 0 Å². The number of nitrogens with one attached hydrogen (secondary N) is 1. The average molecular weight is 276 g/mol. The molecule has 0 heterocycles. The molecular formula is C16H21FN2O. The summed E-state index contributed by atoms with van der Waals surface area (Å²) in [6.07, 6.45) is 0.811. The van der Waals surface area contributed by atoms with Crippen molar-refractivity contribution in [3.05, 3.63) is 35.1 Å². The van der Waals surface area contributed by atoms with Gasteiger partial charge >= 0.3 is 0 Å². The zero-order valence-corrected chi connectivity index (χ0v) is 12.2. The summed E-state index contributed by atoms with van der Waals surface area (Å²) in [4.78, 5) is 12.1. The molecule has 0 spiro atoms. The molecule has 3 N–H and O–H groups in total. The van der Waals surface area contributed by atoms with Crippen LogP contribution in [0.5, 0.6) is 0 Å². The molecule has 4 heteroatoms. The highest BCUT2D eigenvalue weighted by Crippen LogP contribution is 2.12. The standard InChI is InChI=1S/C16H21FN2O/c1-4-15(11(2)3)19-16(20)13-8-7-12(6-5-9-18)10-14(13)17/h7-8,10-11,15H,4,9,18H2,1-3H3,(H,19,20). The predicted molar refractivity (Wildman–Crippen MR) is 78.7 cm³/mol. The van der Waals surface area contributed by atoms with E-state index in [1.165, 1.54) is 12.1 Å². The van der Waals surface area contributed by atoms with E-state index < -0.39 is 5.82 Å². The number of carbonyl (C=O) groups is 1. The zero-order chi connectivity index (χ0) is 15.1. The lowest BCUT2D eigenvalue weighted by molar-refractivity contribution is 0.0920. The maximum Gasteiger partial charge on any atom is 0.254 e. The Hall–Kier alpha value is -1.86. The van der Waals surface area contributed by atoms with Gasteiger partial charge in [0.1, 0.15) is 5.82 Å². The van der Waals surface area contributed by atoms with Gasteiger partial charge in [0.05, 0.1) is 12.1 Å². The summed E-state index contributed by atoms with van der Waals surface area (Å²) in [7, 11) is 0. The van der Waals surface area contributed by atoms with Gasteiger partial charge in [-0.15, -0.1) is 0 Å². The van der Waals surface area contributed by atoms with Crippen LogP contribution in [-0.4, -0.2) is 18.5 Å². The molecule has 0 fully saturated rings. The third-order valence-electron chi connectivity index (χ3n) is 3.11. The molecule has 3 nitrogen and oxygen atoms in total. The van der Waals surface area contributed by atoms with E-state index in [0.717, 1.165) is 6.42 Å². The molecule has 0 aliphatic rings. The first-order chi connectivity index (χ1) is 9.49. The van der Waals surface area contributed by atoms with Gasteiger partial charge in [-0.25, -0.2) is 4.39 Å². The van der Waals surface area contributed by atoms with Crippen molar-refractivity contribution in [2.45, 2.75) is 33.2 Å². The largest absolute Gasteiger partial charge is 0.349 e. The minimum Gasteiger partial charge on any atom is -0.349 e. The van der Waals surface area contributed by atoms with Crippen molar-refractivity contribution in [2.75, 3.05) is 6.54 Å². The fourth-order valence-electron chi connectivity index (χ4n) is 1.92. The summed E-state index contributed by atoms with van der Waals surface area (Å²) in [6, 6.07) is 4.38. The maximum absolute atomic E-state index is 13.9. The Morgan fingerprint density at radius 3 is 2.65 bits per heavy atom. The van der Waals surface area contributed by atoms with Gasteiger partial charge in [-0.05, 0) is 30.5 Å². The fourth-order valence-corrected chi connectivity index (χ4v) is 1.92. The van der Waals surface area contributed by atoms with Crippen LogP contribution in [0.1, 0.15) is 43.1 Å². The average Bonchev–Trinajstić information content (AvgIpc) is 2.41. The van der Waals surface area contributed by atoms with E-state index in [1.807, 2.05) is 20.8 Å². The summed E-state index contributed by atoms with van der Waals surface area (Å²) < 4.78 is 13.9. The number of benzene rings is 1. The molecule has 0 aliphatic heterocycles. The molecular weight excluding hydrogens is 255 g/mol. The third-order valence-corrected chi connectivity index (χ3v) is 3.11. The molecule has 1 rings (SSSR count). The third kappa shape index (κ3) is 4.36. The van der Waals surface area contributed by atoms with Gasteiger partial charge < -0.3 is 11.1 Å². The van der Waals surface area contributed by atoms with Crippen LogP contribution in [0.4, 0.5) is 4.39 Å². The van der Waals surface area contributed by atoms with Gasteiger partial charge in [0, 0.05) is 11.6 Å². The van der Waals surface area contributed by atoms with Gasteiger partial charge in [-0.2, -0.15) is 0 Å². The highest BCUT2D eigenvalue weighted by Gasteiger charge is 2.17. The molecule has 1 aromatic carbocycles. The van der Waals surface area contributed by atoms with Crippen molar-refractivity contribution in [3.8, 4) is 11.8 Å². The zero-order valence-electron chi connectivity index (χ0n) is 12.2. The Morgan fingerprint density at radius 2 is 2.15 bits per heavy atom. The topological polar surface area (TPSA) is 55.1 Å². The van der Waals surface area contributed by atoms with E-state index in [0.29, 0.717) is 11.5 Å². The molecule has 1 atom stereocenters. The lowest BCUT2D eigenvalue weighted by atomic mass is 10.0. The summed E-state index contributed by atoms with van der Waals surface area (Å²) in [5.74, 6) is 4.74. The second-order valence-corrected chi connectivity index (χ2v) is 4.93. The predicted octanol–water partition coefficient (Wildman–Crippen LogP) is 2.30. The number of rotatable bonds is 4. The molecule has 0 bridgehead atoms. The second kappa shape index (κ2) is 7.66. The van der Waals surface area contributed by atoms with Crippen molar-refractivity contribution < 1.29 is 9.18 Å². The van der Waals surface area contributed by atoms with Crippen molar-refractivity contribution in [3.63, 3.8) is 0 Å². The molecule has 1 unspecified atom stereocenters. The van der Waals surface area contributed by atoms with E-state index in [4.69, 9.17) is 5.73 Å². The van der Waals surface area contributed by atoms with Crippen LogP contribution in [-0.2, 0) is 0 Å². The molecule has 0 radical (unpaired) electrons. The highest BCUT2D eigenvalue weighted by atomic mass is 19.1. The van der Waals surface area contributed by atoms with Crippen LogP contribution in [0.2, 0.25) is 0 Å². The van der Waals surface area contributed by atoms with Gasteiger partial charge in [-0.3, -0.25) is 4.79 Å². The monoisotopic (exact) mass is 276 g/mol. The summed E-state index contributed by atoms with van der Waals surface area (Å²) in [5, 5.41) is 2.85. The van der Waals surface area contributed by atoms with E-state index in [2.05, 4.69) is 17.2 Å². The Kier molecular flexibility index (Phi) is 6.20. The van der Waals surface area contributed by atoms with E-state index in [1.54, 1.807) is 6.07 Å². The number of nitrogens with two attached hydrogens (primary N) is 1. The summed E-state index contributed by atoms with van der Waals surface area (Å²) >= 11 is 0. The molecule has 0 aliphatic carbocycles. The molecule has 1 aromatic rings. The Morgan fingerprint density at radius 1 is 1.45 bits per heavy atom. The highest BCUT2D eigenvalue weighted by molar-refractivity contribution is 5.94. The number of hydrogen-bond acceptors (Lipinski definition) is 2. The minimum atomic E-state index is -0.565. The molecule has 0 saturated carbocycles. The van der Waals surface area contributed by atoms with Crippen LogP contribution >= 0.6 is 0 Å². The van der Waals surface area contributed by atoms with Crippen molar-refractivity contribution in [1.29, 1.82) is 0 Å². The summed E-state index contributed by atoms with van der Waals surface area (Å²) in [5.41, 5.74) is 5.82. The first-order valence-electron chi connectivity index (χ1n) is 6.79. The van der Waals surface area contributed by atoms with Crippen molar-refractivity contribution in [2.24, 2.45) is 11.7 Å². The number of amides is 1. The summed E-state index contributed by atoms with van der Waals surface area (Å²) in [6.45, 7) is 6.26. The molecule has 0 saturated heterocycles.